The molecule has 0 saturated heterocycles. The fourth-order valence-corrected chi connectivity index (χ4v) is 3.57. The van der Waals surface area contributed by atoms with Crippen LogP contribution < -0.4 is 10.9 Å². The van der Waals surface area contributed by atoms with Crippen molar-refractivity contribution in [3.63, 3.8) is 0 Å². The van der Waals surface area contributed by atoms with Gasteiger partial charge in [0.15, 0.2) is 5.30 Å². The minimum Gasteiger partial charge on any atom is -0.422 e. The van der Waals surface area contributed by atoms with Crippen LogP contribution in [0.4, 0.5) is 0 Å². The van der Waals surface area contributed by atoms with Gasteiger partial charge in [0.1, 0.15) is 5.58 Å². The molecular formula is C13H14ClO5P. The topological polar surface area (TPSA) is 65.7 Å². The van der Waals surface area contributed by atoms with E-state index in [1.807, 2.05) is 0 Å². The zero-order valence-corrected chi connectivity index (χ0v) is 12.7. The zero-order chi connectivity index (χ0) is 14.8. The lowest BCUT2D eigenvalue weighted by molar-refractivity contribution is 0.229. The van der Waals surface area contributed by atoms with Crippen molar-refractivity contribution >= 4 is 35.5 Å². The molecular weight excluding hydrogens is 303 g/mol. The van der Waals surface area contributed by atoms with Gasteiger partial charge in [0.2, 0.25) is 0 Å². The Morgan fingerprint density at radius 3 is 2.45 bits per heavy atom. The molecule has 0 atom stereocenters. The van der Waals surface area contributed by atoms with Crippen molar-refractivity contribution in [3.8, 4) is 0 Å². The first-order valence-corrected chi connectivity index (χ1v) is 8.05. The van der Waals surface area contributed by atoms with Crippen molar-refractivity contribution in [2.45, 2.75) is 13.8 Å². The van der Waals surface area contributed by atoms with Crippen molar-refractivity contribution < 1.29 is 18.0 Å². The predicted molar refractivity (Wildman–Crippen MR) is 78.0 cm³/mol. The number of fused-ring (bicyclic) bond motifs is 1. The SMILES string of the molecule is CCOP(=O)(OCC)c1cc2cc(Cl)ccc2oc1=O. The van der Waals surface area contributed by atoms with Gasteiger partial charge < -0.3 is 13.5 Å². The summed E-state index contributed by atoms with van der Waals surface area (Å²) < 4.78 is 28.1. The molecule has 0 saturated carbocycles. The van der Waals surface area contributed by atoms with E-state index < -0.39 is 13.2 Å². The van der Waals surface area contributed by atoms with Crippen LogP contribution in [0.2, 0.25) is 5.02 Å². The smallest absolute Gasteiger partial charge is 0.368 e. The molecule has 2 aromatic rings. The Labute approximate surface area is 121 Å². The molecule has 0 radical (unpaired) electrons. The standard InChI is InChI=1S/C13H14ClO5P/c1-3-17-20(16,18-4-2)12-8-9-7-10(14)5-6-11(9)19-13(12)15/h5-8H,3-4H2,1-2H3. The first-order chi connectivity index (χ1) is 9.50. The van der Waals surface area contributed by atoms with Gasteiger partial charge in [-0.25, -0.2) is 4.79 Å². The second kappa shape index (κ2) is 6.10. The molecule has 0 aliphatic carbocycles. The fourth-order valence-electron chi connectivity index (χ4n) is 1.79. The van der Waals surface area contributed by atoms with E-state index in [0.717, 1.165) is 0 Å². The highest BCUT2D eigenvalue weighted by atomic mass is 35.5. The Kier molecular flexibility index (Phi) is 4.66. The van der Waals surface area contributed by atoms with Crippen LogP contribution in [0.15, 0.2) is 33.5 Å². The van der Waals surface area contributed by atoms with Crippen LogP contribution in [0.5, 0.6) is 0 Å². The minimum atomic E-state index is -3.68. The summed E-state index contributed by atoms with van der Waals surface area (Å²) in [5.74, 6) is 0. The van der Waals surface area contributed by atoms with Gasteiger partial charge in [0, 0.05) is 10.4 Å². The summed E-state index contributed by atoms with van der Waals surface area (Å²) in [5.41, 5.74) is -0.368. The summed E-state index contributed by atoms with van der Waals surface area (Å²) in [6.45, 7) is 3.66. The highest BCUT2D eigenvalue weighted by molar-refractivity contribution is 7.62. The van der Waals surface area contributed by atoms with Gasteiger partial charge in [0.05, 0.1) is 13.2 Å². The predicted octanol–water partition coefficient (Wildman–Crippen LogP) is 3.34. The van der Waals surface area contributed by atoms with E-state index >= 15 is 0 Å². The van der Waals surface area contributed by atoms with E-state index in [4.69, 9.17) is 25.1 Å². The highest BCUT2D eigenvalue weighted by Gasteiger charge is 2.31. The third kappa shape index (κ3) is 2.96. The van der Waals surface area contributed by atoms with Crippen molar-refractivity contribution in [1.82, 2.24) is 0 Å². The maximum absolute atomic E-state index is 12.6. The minimum absolute atomic E-state index is 0.115. The van der Waals surface area contributed by atoms with Gasteiger partial charge in [-0.2, -0.15) is 0 Å². The Morgan fingerprint density at radius 2 is 1.85 bits per heavy atom. The molecule has 0 aliphatic heterocycles. The number of rotatable bonds is 5. The van der Waals surface area contributed by atoms with Crippen molar-refractivity contribution in [2.24, 2.45) is 0 Å². The lowest BCUT2D eigenvalue weighted by atomic mass is 10.2. The number of halogens is 1. The van der Waals surface area contributed by atoms with Crippen molar-refractivity contribution in [2.75, 3.05) is 13.2 Å². The molecule has 0 amide bonds. The lowest BCUT2D eigenvalue weighted by Gasteiger charge is -2.16. The average molecular weight is 317 g/mol. The lowest BCUT2D eigenvalue weighted by Crippen LogP contribution is -2.26. The third-order valence-electron chi connectivity index (χ3n) is 2.57. The van der Waals surface area contributed by atoms with E-state index in [9.17, 15) is 9.36 Å². The zero-order valence-electron chi connectivity index (χ0n) is 11.1. The summed E-state index contributed by atoms with van der Waals surface area (Å²) in [5, 5.41) is 0.933. The molecule has 5 nitrogen and oxygen atoms in total. The van der Waals surface area contributed by atoms with E-state index in [0.29, 0.717) is 16.0 Å². The highest BCUT2D eigenvalue weighted by Crippen LogP contribution is 2.46. The maximum atomic E-state index is 12.6. The van der Waals surface area contributed by atoms with Crippen LogP contribution in [-0.2, 0) is 13.6 Å². The second-order valence-corrected chi connectivity index (χ2v) is 6.36. The summed E-state index contributed by atoms with van der Waals surface area (Å²) in [6.07, 6.45) is 0. The largest absolute Gasteiger partial charge is 0.422 e. The molecule has 108 valence electrons. The van der Waals surface area contributed by atoms with Crippen LogP contribution >= 0.6 is 19.2 Å². The van der Waals surface area contributed by atoms with Gasteiger partial charge in [-0.1, -0.05) is 11.6 Å². The van der Waals surface area contributed by atoms with Crippen LogP contribution in [0.1, 0.15) is 13.8 Å². The average Bonchev–Trinajstić information content (AvgIpc) is 2.39. The van der Waals surface area contributed by atoms with Crippen LogP contribution in [0.25, 0.3) is 11.0 Å². The molecule has 0 fully saturated rings. The maximum Gasteiger partial charge on any atom is 0.368 e. The first kappa shape index (κ1) is 15.3. The molecule has 0 N–H and O–H groups in total. The molecule has 2 rings (SSSR count). The van der Waals surface area contributed by atoms with E-state index in [1.54, 1.807) is 32.0 Å². The van der Waals surface area contributed by atoms with Gasteiger partial charge in [0.25, 0.3) is 0 Å². The molecule has 0 unspecified atom stereocenters. The van der Waals surface area contributed by atoms with Crippen molar-refractivity contribution in [1.29, 1.82) is 0 Å². The van der Waals surface area contributed by atoms with Crippen molar-refractivity contribution in [3.05, 3.63) is 39.7 Å². The van der Waals surface area contributed by atoms with Gasteiger partial charge >= 0.3 is 13.2 Å². The molecule has 20 heavy (non-hydrogen) atoms. The van der Waals surface area contributed by atoms with Gasteiger partial charge in [-0.05, 0) is 38.1 Å². The van der Waals surface area contributed by atoms with E-state index in [1.165, 1.54) is 6.07 Å². The molecule has 7 heteroatoms. The molecule has 1 aromatic heterocycles. The molecule has 1 aromatic carbocycles. The number of hydrogen-bond donors (Lipinski definition) is 0. The summed E-state index contributed by atoms with van der Waals surface area (Å²) in [7, 11) is -3.68. The Balaban J connectivity index is 2.66. The molecule has 0 aliphatic rings. The van der Waals surface area contributed by atoms with Gasteiger partial charge in [-0.3, -0.25) is 4.57 Å². The molecule has 0 bridgehead atoms. The first-order valence-electron chi connectivity index (χ1n) is 6.13. The van der Waals surface area contributed by atoms with Crippen LogP contribution in [0, 0.1) is 0 Å². The summed E-state index contributed by atoms with van der Waals surface area (Å²) >= 11 is 5.90. The molecule has 1 heterocycles. The normalized spacial score (nSPS) is 11.9. The summed E-state index contributed by atoms with van der Waals surface area (Å²) in [6, 6.07) is 6.25. The number of hydrogen-bond acceptors (Lipinski definition) is 5. The Hall–Kier alpha value is -1.13. The quantitative estimate of drug-likeness (QED) is 0.625. The van der Waals surface area contributed by atoms with Crippen LogP contribution in [0.3, 0.4) is 0 Å². The van der Waals surface area contributed by atoms with E-state index in [-0.39, 0.29) is 18.5 Å². The monoisotopic (exact) mass is 316 g/mol. The fraction of sp³-hybridized carbons (Fsp3) is 0.308. The molecule has 0 spiro atoms. The van der Waals surface area contributed by atoms with Crippen LogP contribution in [-0.4, -0.2) is 13.2 Å². The van der Waals surface area contributed by atoms with Gasteiger partial charge in [-0.15, -0.1) is 0 Å². The third-order valence-corrected chi connectivity index (χ3v) is 4.90. The van der Waals surface area contributed by atoms with E-state index in [2.05, 4.69) is 0 Å². The Morgan fingerprint density at radius 1 is 1.20 bits per heavy atom. The second-order valence-electron chi connectivity index (χ2n) is 3.93. The number of benzene rings is 1. The Bertz CT molecular complexity index is 714. The summed E-state index contributed by atoms with van der Waals surface area (Å²) in [4.78, 5) is 12.0.